The van der Waals surface area contributed by atoms with Crippen molar-refractivity contribution in [1.82, 2.24) is 14.8 Å². The molecule has 1 heterocycles. The molecule has 0 bridgehead atoms. The number of aromatic nitrogens is 3. The van der Waals surface area contributed by atoms with E-state index in [2.05, 4.69) is 49.2 Å². The molecule has 2 aromatic carbocycles. The minimum Gasteiger partial charge on any atom is -0.496 e. The quantitative estimate of drug-likeness (QED) is 0.391. The van der Waals surface area contributed by atoms with Crippen LogP contribution in [0.2, 0.25) is 0 Å². The number of benzene rings is 2. The molecule has 0 spiro atoms. The Morgan fingerprint density at radius 2 is 1.89 bits per heavy atom. The zero-order chi connectivity index (χ0) is 20.1. The zero-order valence-electron chi connectivity index (χ0n) is 17.1. The molecular formula is C22H27N3O2S. The molecule has 0 unspecified atom stereocenters. The van der Waals surface area contributed by atoms with Crippen LogP contribution in [0.15, 0.2) is 47.6 Å². The minimum absolute atomic E-state index is 0.526. The lowest BCUT2D eigenvalue weighted by Gasteiger charge is -2.12. The summed E-state index contributed by atoms with van der Waals surface area (Å²) in [6, 6.07) is 14.2. The molecule has 3 rings (SSSR count). The van der Waals surface area contributed by atoms with Crippen LogP contribution in [0.3, 0.4) is 0 Å². The van der Waals surface area contributed by atoms with Crippen LogP contribution in [-0.4, -0.2) is 34.2 Å². The predicted molar refractivity (Wildman–Crippen MR) is 114 cm³/mol. The first-order valence-electron chi connectivity index (χ1n) is 9.40. The van der Waals surface area contributed by atoms with Crippen molar-refractivity contribution in [1.29, 1.82) is 0 Å². The fourth-order valence-corrected chi connectivity index (χ4v) is 3.91. The smallest absolute Gasteiger partial charge is 0.191 e. The van der Waals surface area contributed by atoms with Gasteiger partial charge in [-0.3, -0.25) is 0 Å². The number of nitrogens with zero attached hydrogens (tertiary/aromatic N) is 3. The number of thioether (sulfide) groups is 1. The van der Waals surface area contributed by atoms with Gasteiger partial charge in [-0.25, -0.2) is 0 Å². The molecule has 0 radical (unpaired) electrons. The Morgan fingerprint density at radius 3 is 2.61 bits per heavy atom. The Bertz CT molecular complexity index is 937. The van der Waals surface area contributed by atoms with E-state index in [0.717, 1.165) is 33.8 Å². The van der Waals surface area contributed by atoms with Crippen molar-refractivity contribution in [2.24, 2.45) is 7.05 Å². The molecule has 3 aromatic rings. The summed E-state index contributed by atoms with van der Waals surface area (Å²) in [6.07, 6.45) is 0. The second-order valence-electron chi connectivity index (χ2n) is 6.94. The molecule has 0 aliphatic carbocycles. The van der Waals surface area contributed by atoms with E-state index in [1.807, 2.05) is 35.9 Å². The van der Waals surface area contributed by atoms with Crippen molar-refractivity contribution in [3.63, 3.8) is 0 Å². The number of para-hydroxylation sites is 1. The van der Waals surface area contributed by atoms with Crippen LogP contribution in [0.1, 0.15) is 30.9 Å². The van der Waals surface area contributed by atoms with Crippen molar-refractivity contribution < 1.29 is 9.47 Å². The van der Waals surface area contributed by atoms with Gasteiger partial charge in [-0.1, -0.05) is 43.8 Å². The van der Waals surface area contributed by atoms with Crippen molar-refractivity contribution in [2.45, 2.75) is 31.8 Å². The highest BCUT2D eigenvalue weighted by Crippen LogP contribution is 2.30. The van der Waals surface area contributed by atoms with Crippen LogP contribution in [-0.2, 0) is 7.05 Å². The number of hydrogen-bond donors (Lipinski definition) is 0. The molecule has 0 N–H and O–H groups in total. The second kappa shape index (κ2) is 9.15. The number of methoxy groups -OCH3 is 1. The standard InChI is InChI=1S/C22H27N3O2S/c1-15(2)18-11-10-17(14-16(18)3)27-12-13-28-22-24-23-21(25(22)4)19-8-6-7-9-20(19)26-5/h6-11,14-15H,12-13H2,1-5H3. The Labute approximate surface area is 171 Å². The third-order valence-corrected chi connectivity index (χ3v) is 5.61. The fraction of sp³-hybridized carbons (Fsp3) is 0.364. The highest BCUT2D eigenvalue weighted by atomic mass is 32.2. The second-order valence-corrected chi connectivity index (χ2v) is 8.00. The van der Waals surface area contributed by atoms with E-state index in [1.165, 1.54) is 11.1 Å². The summed E-state index contributed by atoms with van der Waals surface area (Å²) in [5, 5.41) is 9.52. The molecule has 0 amide bonds. The summed E-state index contributed by atoms with van der Waals surface area (Å²) < 4.78 is 13.3. The van der Waals surface area contributed by atoms with Gasteiger partial charge in [-0.15, -0.1) is 10.2 Å². The van der Waals surface area contributed by atoms with E-state index < -0.39 is 0 Å². The third-order valence-electron chi connectivity index (χ3n) is 4.63. The average Bonchev–Trinajstić information content (AvgIpc) is 3.05. The molecule has 1 aromatic heterocycles. The Balaban J connectivity index is 1.59. The van der Waals surface area contributed by atoms with Gasteiger partial charge in [0.1, 0.15) is 11.5 Å². The molecule has 0 aliphatic rings. The van der Waals surface area contributed by atoms with Crippen molar-refractivity contribution in [2.75, 3.05) is 19.5 Å². The van der Waals surface area contributed by atoms with Gasteiger partial charge in [0, 0.05) is 12.8 Å². The van der Waals surface area contributed by atoms with Gasteiger partial charge < -0.3 is 14.0 Å². The molecule has 0 saturated heterocycles. The molecule has 28 heavy (non-hydrogen) atoms. The minimum atomic E-state index is 0.526. The van der Waals surface area contributed by atoms with Gasteiger partial charge in [0.25, 0.3) is 0 Å². The van der Waals surface area contributed by atoms with Gasteiger partial charge in [0.05, 0.1) is 19.3 Å². The van der Waals surface area contributed by atoms with Crippen LogP contribution < -0.4 is 9.47 Å². The molecule has 0 fully saturated rings. The first-order chi connectivity index (χ1) is 13.5. The van der Waals surface area contributed by atoms with Crippen LogP contribution in [0, 0.1) is 6.92 Å². The van der Waals surface area contributed by atoms with E-state index in [-0.39, 0.29) is 0 Å². The molecule has 148 valence electrons. The highest BCUT2D eigenvalue weighted by Gasteiger charge is 2.14. The van der Waals surface area contributed by atoms with E-state index in [1.54, 1.807) is 18.9 Å². The predicted octanol–water partition coefficient (Wildman–Crippen LogP) is 5.09. The number of hydrogen-bond acceptors (Lipinski definition) is 5. The van der Waals surface area contributed by atoms with Gasteiger partial charge in [0.2, 0.25) is 0 Å². The Kier molecular flexibility index (Phi) is 6.62. The Hall–Kier alpha value is -2.47. The summed E-state index contributed by atoms with van der Waals surface area (Å²) in [6.45, 7) is 7.16. The molecule has 0 saturated carbocycles. The largest absolute Gasteiger partial charge is 0.496 e. The number of aryl methyl sites for hydroxylation is 1. The molecule has 6 heteroatoms. The van der Waals surface area contributed by atoms with E-state index in [0.29, 0.717) is 12.5 Å². The maximum absolute atomic E-state index is 5.91. The average molecular weight is 398 g/mol. The van der Waals surface area contributed by atoms with Crippen LogP contribution in [0.5, 0.6) is 11.5 Å². The van der Waals surface area contributed by atoms with Gasteiger partial charge in [-0.05, 0) is 48.2 Å². The lowest BCUT2D eigenvalue weighted by molar-refractivity contribution is 0.343. The monoisotopic (exact) mass is 397 g/mol. The molecule has 5 nitrogen and oxygen atoms in total. The summed E-state index contributed by atoms with van der Waals surface area (Å²) in [5.41, 5.74) is 3.57. The zero-order valence-corrected chi connectivity index (χ0v) is 17.9. The number of ether oxygens (including phenoxy) is 2. The van der Waals surface area contributed by atoms with E-state index in [4.69, 9.17) is 9.47 Å². The number of rotatable bonds is 8. The van der Waals surface area contributed by atoms with Gasteiger partial charge in [0.15, 0.2) is 11.0 Å². The maximum Gasteiger partial charge on any atom is 0.191 e. The summed E-state index contributed by atoms with van der Waals surface area (Å²) in [5.74, 6) is 3.81. The lowest BCUT2D eigenvalue weighted by atomic mass is 9.98. The van der Waals surface area contributed by atoms with Crippen LogP contribution in [0.25, 0.3) is 11.4 Å². The van der Waals surface area contributed by atoms with Gasteiger partial charge >= 0.3 is 0 Å². The normalized spacial score (nSPS) is 11.1. The summed E-state index contributed by atoms with van der Waals surface area (Å²) >= 11 is 1.63. The highest BCUT2D eigenvalue weighted by molar-refractivity contribution is 7.99. The lowest BCUT2D eigenvalue weighted by Crippen LogP contribution is -2.03. The fourth-order valence-electron chi connectivity index (χ4n) is 3.18. The summed E-state index contributed by atoms with van der Waals surface area (Å²) in [4.78, 5) is 0. The molecule has 0 atom stereocenters. The molecule has 0 aliphatic heterocycles. The van der Waals surface area contributed by atoms with Crippen molar-refractivity contribution >= 4 is 11.8 Å². The topological polar surface area (TPSA) is 49.2 Å². The van der Waals surface area contributed by atoms with Crippen molar-refractivity contribution in [3.05, 3.63) is 53.6 Å². The SMILES string of the molecule is COc1ccccc1-c1nnc(SCCOc2ccc(C(C)C)c(C)c2)n1C. The van der Waals surface area contributed by atoms with E-state index in [9.17, 15) is 0 Å². The van der Waals surface area contributed by atoms with Crippen LogP contribution in [0.4, 0.5) is 0 Å². The first kappa shape index (κ1) is 20.3. The van der Waals surface area contributed by atoms with Gasteiger partial charge in [-0.2, -0.15) is 0 Å². The van der Waals surface area contributed by atoms with Crippen LogP contribution >= 0.6 is 11.8 Å². The third kappa shape index (κ3) is 4.50. The first-order valence-corrected chi connectivity index (χ1v) is 10.4. The van der Waals surface area contributed by atoms with E-state index >= 15 is 0 Å². The summed E-state index contributed by atoms with van der Waals surface area (Å²) in [7, 11) is 3.64. The Morgan fingerprint density at radius 1 is 1.11 bits per heavy atom. The molecular weight excluding hydrogens is 370 g/mol. The maximum atomic E-state index is 5.91. The van der Waals surface area contributed by atoms with Crippen molar-refractivity contribution in [3.8, 4) is 22.9 Å².